The van der Waals surface area contributed by atoms with Crippen LogP contribution < -0.4 is 0 Å². The molecule has 0 aliphatic rings. The van der Waals surface area contributed by atoms with Crippen LogP contribution in [0.1, 0.15) is 32.6 Å². The van der Waals surface area contributed by atoms with E-state index in [1.54, 1.807) is 25.1 Å². The highest BCUT2D eigenvalue weighted by Crippen LogP contribution is 2.20. The normalized spacial score (nSPS) is 10.9. The first-order valence-corrected chi connectivity index (χ1v) is 6.93. The number of hydrogen-bond acceptors (Lipinski definition) is 3. The zero-order valence-corrected chi connectivity index (χ0v) is 12.8. The van der Waals surface area contributed by atoms with Gasteiger partial charge < -0.3 is 0 Å². The second-order valence-electron chi connectivity index (χ2n) is 5.32. The minimum absolute atomic E-state index is 0.0361. The van der Waals surface area contributed by atoms with Crippen LogP contribution >= 0.6 is 0 Å². The Labute approximate surface area is 129 Å². The number of carbonyl (C=O) groups is 1. The molecule has 0 saturated heterocycles. The fraction of sp³-hybridized carbons (Fsp3) is 0.167. The van der Waals surface area contributed by atoms with Crippen molar-refractivity contribution in [2.45, 2.75) is 20.8 Å². The van der Waals surface area contributed by atoms with E-state index in [0.29, 0.717) is 11.1 Å². The van der Waals surface area contributed by atoms with Crippen LogP contribution in [0.5, 0.6) is 0 Å². The Bertz CT molecular complexity index is 776. The maximum absolute atomic E-state index is 12.2. The minimum Gasteiger partial charge on any atom is -0.289 e. The number of aryl methyl sites for hydroxylation is 3. The molecule has 0 unspecified atom stereocenters. The molecule has 0 fully saturated rings. The molecule has 0 bridgehead atoms. The first kappa shape index (κ1) is 15.6. The van der Waals surface area contributed by atoms with Crippen LogP contribution in [-0.4, -0.2) is 10.7 Å². The fourth-order valence-electron chi connectivity index (χ4n) is 2.16. The van der Waals surface area contributed by atoms with Gasteiger partial charge in [-0.05, 0) is 38.0 Å². The van der Waals surface area contributed by atoms with Crippen LogP contribution in [0.4, 0.5) is 5.69 Å². The maximum atomic E-state index is 12.2. The van der Waals surface area contributed by atoms with Crippen molar-refractivity contribution in [2.75, 3.05) is 0 Å². The van der Waals surface area contributed by atoms with E-state index < -0.39 is 4.92 Å². The van der Waals surface area contributed by atoms with Gasteiger partial charge in [0.25, 0.3) is 5.69 Å². The molecule has 4 nitrogen and oxygen atoms in total. The molecule has 2 aromatic rings. The first-order chi connectivity index (χ1) is 10.4. The standard InChI is InChI=1S/C18H17NO3/c1-12-4-5-13(2)15(10-12)8-9-18(20)16-7-6-14(3)17(11-16)19(21)22/h4-11H,1-3H3/b9-8+. The van der Waals surface area contributed by atoms with Crippen LogP contribution in [0.15, 0.2) is 42.5 Å². The Morgan fingerprint density at radius 2 is 1.73 bits per heavy atom. The van der Waals surface area contributed by atoms with Gasteiger partial charge in [-0.25, -0.2) is 0 Å². The van der Waals surface area contributed by atoms with Crippen molar-refractivity contribution in [3.8, 4) is 0 Å². The minimum atomic E-state index is -0.472. The molecule has 2 aromatic carbocycles. The average Bonchev–Trinajstić information content (AvgIpc) is 2.48. The van der Waals surface area contributed by atoms with E-state index in [1.807, 2.05) is 32.0 Å². The molecule has 0 saturated carbocycles. The lowest BCUT2D eigenvalue weighted by molar-refractivity contribution is -0.385. The lowest BCUT2D eigenvalue weighted by atomic mass is 10.0. The van der Waals surface area contributed by atoms with E-state index in [-0.39, 0.29) is 11.5 Å². The number of benzene rings is 2. The molecule has 0 atom stereocenters. The molecule has 0 aliphatic carbocycles. The van der Waals surface area contributed by atoms with Crippen LogP contribution in [0.3, 0.4) is 0 Å². The highest BCUT2D eigenvalue weighted by molar-refractivity contribution is 6.07. The Morgan fingerprint density at radius 1 is 1.05 bits per heavy atom. The Balaban J connectivity index is 2.29. The quantitative estimate of drug-likeness (QED) is 0.363. The SMILES string of the molecule is Cc1ccc(C)c(/C=C/C(=O)c2ccc(C)c([N+](=O)[O-])c2)c1. The number of allylic oxidation sites excluding steroid dienone is 1. The molecule has 0 amide bonds. The largest absolute Gasteiger partial charge is 0.289 e. The number of rotatable bonds is 4. The van der Waals surface area contributed by atoms with Crippen LogP contribution in [0.2, 0.25) is 0 Å². The second-order valence-corrected chi connectivity index (χ2v) is 5.32. The van der Waals surface area contributed by atoms with Crippen molar-refractivity contribution >= 4 is 17.5 Å². The maximum Gasteiger partial charge on any atom is 0.273 e. The van der Waals surface area contributed by atoms with Gasteiger partial charge in [0.1, 0.15) is 0 Å². The molecule has 2 rings (SSSR count). The third-order valence-electron chi connectivity index (χ3n) is 3.54. The van der Waals surface area contributed by atoms with E-state index in [1.165, 1.54) is 12.1 Å². The summed E-state index contributed by atoms with van der Waals surface area (Å²) in [6.45, 7) is 5.61. The van der Waals surface area contributed by atoms with Crippen molar-refractivity contribution in [3.63, 3.8) is 0 Å². The van der Waals surface area contributed by atoms with Crippen molar-refractivity contribution in [2.24, 2.45) is 0 Å². The Kier molecular flexibility index (Phi) is 4.51. The van der Waals surface area contributed by atoms with E-state index in [2.05, 4.69) is 0 Å². The predicted molar refractivity (Wildman–Crippen MR) is 87.1 cm³/mol. The average molecular weight is 295 g/mol. The molecule has 0 spiro atoms. The lowest BCUT2D eigenvalue weighted by Gasteiger charge is -2.02. The molecular formula is C18H17NO3. The summed E-state index contributed by atoms with van der Waals surface area (Å²) in [4.78, 5) is 22.7. The smallest absolute Gasteiger partial charge is 0.273 e. The third-order valence-corrected chi connectivity index (χ3v) is 3.54. The molecule has 22 heavy (non-hydrogen) atoms. The number of nitro benzene ring substituents is 1. The van der Waals surface area contributed by atoms with Gasteiger partial charge in [-0.1, -0.05) is 42.0 Å². The summed E-state index contributed by atoms with van der Waals surface area (Å²) in [6.07, 6.45) is 3.20. The summed E-state index contributed by atoms with van der Waals surface area (Å²) in [6, 6.07) is 10.5. The zero-order chi connectivity index (χ0) is 16.3. The van der Waals surface area contributed by atoms with Gasteiger partial charge >= 0.3 is 0 Å². The molecule has 0 aliphatic heterocycles. The van der Waals surface area contributed by atoms with Gasteiger partial charge in [0, 0.05) is 17.2 Å². The van der Waals surface area contributed by atoms with Gasteiger partial charge in [0.05, 0.1) is 4.92 Å². The van der Waals surface area contributed by atoms with E-state index in [0.717, 1.165) is 16.7 Å². The van der Waals surface area contributed by atoms with E-state index in [9.17, 15) is 14.9 Å². The summed E-state index contributed by atoms with van der Waals surface area (Å²) in [7, 11) is 0. The van der Waals surface area contributed by atoms with Gasteiger partial charge in [-0.15, -0.1) is 0 Å². The van der Waals surface area contributed by atoms with Gasteiger partial charge in [-0.3, -0.25) is 14.9 Å². The first-order valence-electron chi connectivity index (χ1n) is 6.93. The number of nitrogens with zero attached hydrogens (tertiary/aromatic N) is 1. The molecule has 0 heterocycles. The van der Waals surface area contributed by atoms with Crippen molar-refractivity contribution < 1.29 is 9.72 Å². The second kappa shape index (κ2) is 6.35. The molecule has 0 radical (unpaired) electrons. The number of hydrogen-bond donors (Lipinski definition) is 0. The van der Waals surface area contributed by atoms with Gasteiger partial charge in [0.15, 0.2) is 5.78 Å². The van der Waals surface area contributed by atoms with Crippen LogP contribution in [0, 0.1) is 30.9 Å². The van der Waals surface area contributed by atoms with Crippen molar-refractivity contribution in [1.82, 2.24) is 0 Å². The number of ketones is 1. The predicted octanol–water partition coefficient (Wildman–Crippen LogP) is 4.42. The summed E-state index contributed by atoms with van der Waals surface area (Å²) in [5.74, 6) is -0.246. The Morgan fingerprint density at radius 3 is 2.41 bits per heavy atom. The fourth-order valence-corrected chi connectivity index (χ4v) is 2.16. The number of nitro groups is 1. The summed E-state index contributed by atoms with van der Waals surface area (Å²) in [5, 5.41) is 10.9. The summed E-state index contributed by atoms with van der Waals surface area (Å²) >= 11 is 0. The highest BCUT2D eigenvalue weighted by atomic mass is 16.6. The topological polar surface area (TPSA) is 60.2 Å². The molecule has 0 N–H and O–H groups in total. The molecule has 112 valence electrons. The number of carbonyl (C=O) groups excluding carboxylic acids is 1. The molecular weight excluding hydrogens is 278 g/mol. The summed E-state index contributed by atoms with van der Waals surface area (Å²) < 4.78 is 0. The molecule has 0 aromatic heterocycles. The van der Waals surface area contributed by atoms with Crippen molar-refractivity contribution in [1.29, 1.82) is 0 Å². The summed E-state index contributed by atoms with van der Waals surface area (Å²) in [5.41, 5.74) is 3.98. The zero-order valence-electron chi connectivity index (χ0n) is 12.8. The van der Waals surface area contributed by atoms with Crippen LogP contribution in [0.25, 0.3) is 6.08 Å². The Hall–Kier alpha value is -2.75. The molecule has 4 heteroatoms. The van der Waals surface area contributed by atoms with E-state index >= 15 is 0 Å². The van der Waals surface area contributed by atoms with Crippen molar-refractivity contribution in [3.05, 3.63) is 80.4 Å². The third kappa shape index (κ3) is 3.47. The van der Waals surface area contributed by atoms with Gasteiger partial charge in [-0.2, -0.15) is 0 Å². The van der Waals surface area contributed by atoms with Crippen LogP contribution in [-0.2, 0) is 0 Å². The lowest BCUT2D eigenvalue weighted by Crippen LogP contribution is -1.98. The highest BCUT2D eigenvalue weighted by Gasteiger charge is 2.13. The monoisotopic (exact) mass is 295 g/mol. The van der Waals surface area contributed by atoms with E-state index in [4.69, 9.17) is 0 Å². The van der Waals surface area contributed by atoms with Gasteiger partial charge in [0.2, 0.25) is 0 Å².